The molecule has 1 fully saturated rings. The van der Waals surface area contributed by atoms with Crippen LogP contribution in [0.4, 0.5) is 16.4 Å². The first-order chi connectivity index (χ1) is 17.5. The third-order valence-corrected chi connectivity index (χ3v) is 7.82. The molecule has 0 radical (unpaired) electrons. The molecule has 0 atom stereocenters. The molecule has 5 rings (SSSR count). The quantitative estimate of drug-likeness (QED) is 0.642. The molecule has 2 aliphatic heterocycles. The molecule has 1 aromatic heterocycles. The highest BCUT2D eigenvalue weighted by molar-refractivity contribution is 5.92. The topological polar surface area (TPSA) is 116 Å². The molecule has 9 heteroatoms. The lowest BCUT2D eigenvalue weighted by Crippen LogP contribution is -2.47. The fourth-order valence-electron chi connectivity index (χ4n) is 5.92. The van der Waals surface area contributed by atoms with E-state index in [0.29, 0.717) is 32.0 Å². The smallest absolute Gasteiger partial charge is 0.414 e. The number of amides is 1. The fraction of sp³-hybridized carbons (Fsp3) is 0.571. The monoisotopic (exact) mass is 508 g/mol. The van der Waals surface area contributed by atoms with E-state index in [9.17, 15) is 14.4 Å². The SMILES string of the molecule is CC(C)(C)OC(=O)N1CC2(CCN(c3nc4c(c(=O)[nH]3)CCCC4)CC2)c2cc(CCC(=O)O)ccc21. The summed E-state index contributed by atoms with van der Waals surface area (Å²) in [5.74, 6) is -0.191. The van der Waals surface area contributed by atoms with Gasteiger partial charge in [0.1, 0.15) is 5.60 Å². The Morgan fingerprint density at radius 1 is 1.16 bits per heavy atom. The molecule has 9 nitrogen and oxygen atoms in total. The average Bonchev–Trinajstić information content (AvgIpc) is 3.15. The zero-order chi connectivity index (χ0) is 26.4. The normalized spacial score (nSPS) is 18.5. The van der Waals surface area contributed by atoms with Gasteiger partial charge < -0.3 is 14.7 Å². The molecular formula is C28H36N4O5. The van der Waals surface area contributed by atoms with E-state index >= 15 is 0 Å². The van der Waals surface area contributed by atoms with Crippen molar-refractivity contribution in [3.63, 3.8) is 0 Å². The number of carbonyl (C=O) groups is 2. The third kappa shape index (κ3) is 5.08. The van der Waals surface area contributed by atoms with E-state index in [1.165, 1.54) is 0 Å². The molecular weight excluding hydrogens is 472 g/mol. The number of benzene rings is 1. The Bertz CT molecular complexity index is 1270. The molecule has 0 bridgehead atoms. The van der Waals surface area contributed by atoms with Crippen LogP contribution < -0.4 is 15.4 Å². The highest BCUT2D eigenvalue weighted by Crippen LogP contribution is 2.48. The van der Waals surface area contributed by atoms with Gasteiger partial charge >= 0.3 is 12.1 Å². The molecule has 198 valence electrons. The van der Waals surface area contributed by atoms with Gasteiger partial charge in [-0.2, -0.15) is 0 Å². The van der Waals surface area contributed by atoms with E-state index in [0.717, 1.165) is 66.6 Å². The largest absolute Gasteiger partial charge is 0.481 e. The van der Waals surface area contributed by atoms with Crippen LogP contribution in [0.3, 0.4) is 0 Å². The van der Waals surface area contributed by atoms with E-state index in [1.54, 1.807) is 4.90 Å². The Morgan fingerprint density at radius 2 is 1.89 bits per heavy atom. The van der Waals surface area contributed by atoms with Gasteiger partial charge in [0.05, 0.1) is 11.4 Å². The van der Waals surface area contributed by atoms with Crippen LogP contribution in [-0.2, 0) is 34.2 Å². The Hall–Kier alpha value is -3.36. The van der Waals surface area contributed by atoms with Crippen LogP contribution in [-0.4, -0.2) is 52.4 Å². The summed E-state index contributed by atoms with van der Waals surface area (Å²) in [6, 6.07) is 5.92. The molecule has 3 heterocycles. The van der Waals surface area contributed by atoms with Crippen molar-refractivity contribution >= 4 is 23.7 Å². The molecule has 37 heavy (non-hydrogen) atoms. The van der Waals surface area contributed by atoms with Crippen LogP contribution in [0.5, 0.6) is 0 Å². The van der Waals surface area contributed by atoms with E-state index in [-0.39, 0.29) is 23.5 Å². The number of nitrogens with one attached hydrogen (secondary N) is 1. The van der Waals surface area contributed by atoms with Crippen molar-refractivity contribution < 1.29 is 19.4 Å². The second-order valence-corrected chi connectivity index (χ2v) is 11.6. The van der Waals surface area contributed by atoms with Gasteiger partial charge in [-0.25, -0.2) is 9.78 Å². The summed E-state index contributed by atoms with van der Waals surface area (Å²) in [5.41, 5.74) is 3.72. The molecule has 1 aliphatic carbocycles. The molecule has 0 unspecified atom stereocenters. The minimum Gasteiger partial charge on any atom is -0.481 e. The molecule has 2 N–H and O–H groups in total. The van der Waals surface area contributed by atoms with Crippen LogP contribution in [0, 0.1) is 0 Å². The van der Waals surface area contributed by atoms with Gasteiger partial charge in [-0.15, -0.1) is 0 Å². The number of hydrogen-bond acceptors (Lipinski definition) is 6. The summed E-state index contributed by atoms with van der Waals surface area (Å²) < 4.78 is 5.73. The summed E-state index contributed by atoms with van der Waals surface area (Å²) in [6.45, 7) is 7.49. The number of carbonyl (C=O) groups excluding carboxylic acids is 1. The first-order valence-corrected chi connectivity index (χ1v) is 13.3. The molecule has 3 aliphatic rings. The number of aromatic nitrogens is 2. The lowest BCUT2D eigenvalue weighted by molar-refractivity contribution is -0.136. The lowest BCUT2D eigenvalue weighted by atomic mass is 9.74. The molecule has 1 saturated heterocycles. The number of carboxylic acids is 1. The van der Waals surface area contributed by atoms with Crippen LogP contribution in [0.15, 0.2) is 23.0 Å². The van der Waals surface area contributed by atoms with Crippen molar-refractivity contribution in [3.05, 3.63) is 50.9 Å². The van der Waals surface area contributed by atoms with Gasteiger partial charge in [0.15, 0.2) is 0 Å². The first kappa shape index (κ1) is 25.3. The van der Waals surface area contributed by atoms with Crippen molar-refractivity contribution in [2.75, 3.05) is 29.4 Å². The van der Waals surface area contributed by atoms with E-state index in [4.69, 9.17) is 14.8 Å². The van der Waals surface area contributed by atoms with E-state index < -0.39 is 11.6 Å². The summed E-state index contributed by atoms with van der Waals surface area (Å²) in [6.07, 6.45) is 5.44. The Morgan fingerprint density at radius 3 is 2.59 bits per heavy atom. The highest BCUT2D eigenvalue weighted by atomic mass is 16.6. The van der Waals surface area contributed by atoms with Gasteiger partial charge in [-0.1, -0.05) is 12.1 Å². The van der Waals surface area contributed by atoms with Gasteiger partial charge in [-0.05, 0) is 82.9 Å². The van der Waals surface area contributed by atoms with Crippen molar-refractivity contribution in [1.82, 2.24) is 9.97 Å². The van der Waals surface area contributed by atoms with Crippen LogP contribution in [0.2, 0.25) is 0 Å². The van der Waals surface area contributed by atoms with Crippen LogP contribution in [0.1, 0.15) is 75.3 Å². The molecule has 1 aromatic carbocycles. The highest BCUT2D eigenvalue weighted by Gasteiger charge is 2.47. The molecule has 2 aromatic rings. The maximum absolute atomic E-state index is 13.2. The summed E-state index contributed by atoms with van der Waals surface area (Å²) >= 11 is 0. The minimum absolute atomic E-state index is 0.0228. The number of piperidine rings is 1. The van der Waals surface area contributed by atoms with Crippen LogP contribution in [0.25, 0.3) is 0 Å². The number of aromatic amines is 1. The van der Waals surface area contributed by atoms with E-state index in [1.807, 2.05) is 32.9 Å². The number of H-pyrrole nitrogens is 1. The van der Waals surface area contributed by atoms with Gasteiger partial charge in [-0.3, -0.25) is 19.5 Å². The second kappa shape index (κ2) is 9.50. The van der Waals surface area contributed by atoms with Crippen molar-refractivity contribution in [2.45, 2.75) is 83.2 Å². The van der Waals surface area contributed by atoms with E-state index in [2.05, 4.69) is 16.0 Å². The molecule has 1 amide bonds. The summed E-state index contributed by atoms with van der Waals surface area (Å²) in [7, 11) is 0. The number of fused-ring (bicyclic) bond motifs is 3. The Balaban J connectivity index is 1.42. The Labute approximate surface area is 216 Å². The number of anilines is 2. The number of ether oxygens (including phenoxy) is 1. The number of nitrogens with zero attached hydrogens (tertiary/aromatic N) is 3. The number of hydrogen-bond donors (Lipinski definition) is 2. The Kier molecular flexibility index (Phi) is 6.50. The summed E-state index contributed by atoms with van der Waals surface area (Å²) in [4.78, 5) is 48.7. The van der Waals surface area contributed by atoms with Gasteiger partial charge in [0, 0.05) is 37.0 Å². The number of aryl methyl sites for hydroxylation is 2. The number of rotatable bonds is 4. The third-order valence-electron chi connectivity index (χ3n) is 7.82. The maximum atomic E-state index is 13.2. The maximum Gasteiger partial charge on any atom is 0.414 e. The van der Waals surface area contributed by atoms with Gasteiger partial charge in [0.2, 0.25) is 5.95 Å². The predicted octanol–water partition coefficient (Wildman–Crippen LogP) is 3.96. The van der Waals surface area contributed by atoms with Crippen molar-refractivity contribution in [2.24, 2.45) is 0 Å². The van der Waals surface area contributed by atoms with Crippen molar-refractivity contribution in [3.8, 4) is 0 Å². The van der Waals surface area contributed by atoms with Crippen molar-refractivity contribution in [1.29, 1.82) is 0 Å². The van der Waals surface area contributed by atoms with Gasteiger partial charge in [0.25, 0.3) is 5.56 Å². The minimum atomic E-state index is -0.828. The van der Waals surface area contributed by atoms with Crippen LogP contribution >= 0.6 is 0 Å². The molecule has 0 saturated carbocycles. The summed E-state index contributed by atoms with van der Waals surface area (Å²) in [5, 5.41) is 9.16. The number of aliphatic carboxylic acids is 1. The lowest BCUT2D eigenvalue weighted by Gasteiger charge is -2.40. The second-order valence-electron chi connectivity index (χ2n) is 11.6. The fourth-order valence-corrected chi connectivity index (χ4v) is 5.92. The number of carboxylic acid groups (broad SMARTS) is 1. The average molecular weight is 509 g/mol. The standard InChI is InChI=1S/C28H36N4O5/c1-27(2,3)37-26(36)32-17-28(20-16-18(8-10-22(20)32)9-11-23(33)34)12-14-31(15-13-28)25-29-21-7-5-4-6-19(21)24(35)30-25/h8,10,16H,4-7,9,11-15,17H2,1-3H3,(H,33,34)(H,29,30,35). The zero-order valence-corrected chi connectivity index (χ0v) is 21.9. The molecule has 1 spiro atoms. The first-order valence-electron chi connectivity index (χ1n) is 13.3. The predicted molar refractivity (Wildman–Crippen MR) is 141 cm³/mol. The zero-order valence-electron chi connectivity index (χ0n) is 21.9.